The van der Waals surface area contributed by atoms with E-state index >= 15 is 0 Å². The van der Waals surface area contributed by atoms with Crippen molar-refractivity contribution in [1.82, 2.24) is 5.32 Å². The summed E-state index contributed by atoms with van der Waals surface area (Å²) in [6.07, 6.45) is 70.7. The average Bonchev–Trinajstić information content (AvgIpc) is 3.34. The van der Waals surface area contributed by atoms with Gasteiger partial charge in [-0.15, -0.1) is 0 Å². The molecule has 0 rings (SSSR count). The van der Waals surface area contributed by atoms with Crippen molar-refractivity contribution in [3.05, 3.63) is 24.3 Å². The summed E-state index contributed by atoms with van der Waals surface area (Å²) >= 11 is 0. The van der Waals surface area contributed by atoms with Gasteiger partial charge in [-0.3, -0.25) is 9.59 Å². The number of nitrogens with one attached hydrogen (secondary N) is 1. The van der Waals surface area contributed by atoms with E-state index in [1.807, 2.05) is 6.08 Å². The highest BCUT2D eigenvalue weighted by molar-refractivity contribution is 5.76. The van der Waals surface area contributed by atoms with Crippen molar-refractivity contribution in [1.29, 1.82) is 0 Å². The maximum atomic E-state index is 12.5. The molecular formula is C62H119NO5. The summed E-state index contributed by atoms with van der Waals surface area (Å²) in [5, 5.41) is 23.1. The maximum Gasteiger partial charge on any atom is 0.305 e. The second-order valence-corrected chi connectivity index (χ2v) is 21.0. The lowest BCUT2D eigenvalue weighted by Gasteiger charge is -2.20. The van der Waals surface area contributed by atoms with Gasteiger partial charge in [0.15, 0.2) is 0 Å². The summed E-state index contributed by atoms with van der Waals surface area (Å²) < 4.78 is 5.47. The molecule has 0 aromatic heterocycles. The molecule has 2 atom stereocenters. The van der Waals surface area contributed by atoms with Crippen LogP contribution in [0.15, 0.2) is 24.3 Å². The number of hydrogen-bond acceptors (Lipinski definition) is 5. The van der Waals surface area contributed by atoms with Gasteiger partial charge in [0.1, 0.15) is 0 Å². The van der Waals surface area contributed by atoms with Gasteiger partial charge in [0.05, 0.1) is 25.4 Å². The van der Waals surface area contributed by atoms with Gasteiger partial charge in [-0.05, 0) is 57.8 Å². The zero-order valence-corrected chi connectivity index (χ0v) is 45.9. The highest BCUT2D eigenvalue weighted by Gasteiger charge is 2.18. The molecule has 0 fully saturated rings. The minimum Gasteiger partial charge on any atom is -0.466 e. The molecule has 402 valence electrons. The number of rotatable bonds is 57. The van der Waals surface area contributed by atoms with Crippen molar-refractivity contribution >= 4 is 11.9 Å². The second kappa shape index (κ2) is 57.9. The molecule has 0 aliphatic heterocycles. The summed E-state index contributed by atoms with van der Waals surface area (Å²) in [4.78, 5) is 24.5. The van der Waals surface area contributed by atoms with Crippen LogP contribution in [0, 0.1) is 0 Å². The molecule has 0 aliphatic carbocycles. The Morgan fingerprint density at radius 1 is 0.397 bits per heavy atom. The van der Waals surface area contributed by atoms with E-state index in [0.717, 1.165) is 44.9 Å². The molecule has 6 heteroatoms. The normalized spacial score (nSPS) is 12.7. The van der Waals surface area contributed by atoms with Crippen molar-refractivity contribution in [3.63, 3.8) is 0 Å². The highest BCUT2D eigenvalue weighted by atomic mass is 16.5. The van der Waals surface area contributed by atoms with Crippen LogP contribution < -0.4 is 5.32 Å². The van der Waals surface area contributed by atoms with E-state index in [4.69, 9.17) is 4.74 Å². The number of carbonyl (C=O) groups excluding carboxylic acids is 2. The molecular weight excluding hydrogens is 839 g/mol. The van der Waals surface area contributed by atoms with Gasteiger partial charge < -0.3 is 20.3 Å². The SMILES string of the molecule is CCCCCC/C=C\CCCCCCCC(=O)OCCCCCCCCCCCCCCCCCCCCCCCCCCC(=O)NC(CO)C(O)/C=C/CCCCCCCCCCCCCC. The molecule has 6 nitrogen and oxygen atoms in total. The number of esters is 1. The molecule has 1 amide bonds. The monoisotopic (exact) mass is 958 g/mol. The Morgan fingerprint density at radius 2 is 0.691 bits per heavy atom. The smallest absolute Gasteiger partial charge is 0.305 e. The van der Waals surface area contributed by atoms with Crippen LogP contribution in [0.5, 0.6) is 0 Å². The van der Waals surface area contributed by atoms with Crippen LogP contribution >= 0.6 is 0 Å². The lowest BCUT2D eigenvalue weighted by Crippen LogP contribution is -2.45. The van der Waals surface area contributed by atoms with Gasteiger partial charge in [-0.1, -0.05) is 289 Å². The fourth-order valence-electron chi connectivity index (χ4n) is 9.51. The third-order valence-corrected chi connectivity index (χ3v) is 14.2. The molecule has 0 saturated carbocycles. The molecule has 0 spiro atoms. The number of ether oxygens (including phenoxy) is 1. The van der Waals surface area contributed by atoms with Crippen molar-refractivity contribution in [2.24, 2.45) is 0 Å². The Kier molecular flexibility index (Phi) is 56.5. The summed E-state index contributed by atoms with van der Waals surface area (Å²) in [6.45, 7) is 4.90. The lowest BCUT2D eigenvalue weighted by molar-refractivity contribution is -0.143. The van der Waals surface area contributed by atoms with Crippen molar-refractivity contribution < 1.29 is 24.5 Å². The first-order valence-corrected chi connectivity index (χ1v) is 30.6. The Bertz CT molecular complexity index is 1060. The van der Waals surface area contributed by atoms with Gasteiger partial charge in [-0.2, -0.15) is 0 Å². The Balaban J connectivity index is 3.38. The van der Waals surface area contributed by atoms with Crippen LogP contribution in [0.4, 0.5) is 0 Å². The van der Waals surface area contributed by atoms with E-state index in [2.05, 4.69) is 31.3 Å². The third kappa shape index (κ3) is 53.7. The first kappa shape index (κ1) is 66.3. The number of hydrogen-bond donors (Lipinski definition) is 3. The first-order chi connectivity index (χ1) is 33.5. The fraction of sp³-hybridized carbons (Fsp3) is 0.903. The number of allylic oxidation sites excluding steroid dienone is 3. The van der Waals surface area contributed by atoms with Crippen LogP contribution in [0.25, 0.3) is 0 Å². The molecule has 0 aromatic rings. The van der Waals surface area contributed by atoms with E-state index in [1.54, 1.807) is 6.08 Å². The van der Waals surface area contributed by atoms with Gasteiger partial charge in [0.25, 0.3) is 0 Å². The number of carbonyl (C=O) groups is 2. The van der Waals surface area contributed by atoms with Crippen LogP contribution in [0.2, 0.25) is 0 Å². The summed E-state index contributed by atoms with van der Waals surface area (Å²) in [5.74, 6) is -0.0598. The van der Waals surface area contributed by atoms with E-state index in [1.165, 1.54) is 263 Å². The molecule has 3 N–H and O–H groups in total. The minimum absolute atomic E-state index is 0.00585. The van der Waals surface area contributed by atoms with Crippen LogP contribution in [0.1, 0.15) is 335 Å². The maximum absolute atomic E-state index is 12.5. The molecule has 0 heterocycles. The third-order valence-electron chi connectivity index (χ3n) is 14.2. The van der Waals surface area contributed by atoms with Gasteiger partial charge >= 0.3 is 5.97 Å². The summed E-state index contributed by atoms with van der Waals surface area (Å²) in [7, 11) is 0. The van der Waals surface area contributed by atoms with E-state index in [-0.39, 0.29) is 18.5 Å². The van der Waals surface area contributed by atoms with E-state index in [9.17, 15) is 19.8 Å². The number of aliphatic hydroxyl groups is 2. The zero-order valence-electron chi connectivity index (χ0n) is 45.9. The Morgan fingerprint density at radius 3 is 1.06 bits per heavy atom. The standard InChI is InChI=1S/C62H119NO5/c1-3-5-7-9-11-13-15-17-31-34-38-42-46-50-54-60(65)59(58-64)63-61(66)55-51-47-43-39-35-32-28-26-24-22-20-18-19-21-23-25-27-29-33-37-41-45-49-53-57-68-62(67)56-52-48-44-40-36-30-16-14-12-10-8-6-4-2/h14,16,50,54,59-60,64-65H,3-13,15,17-49,51-53,55-58H2,1-2H3,(H,63,66)/b16-14-,54-50+. The molecule has 0 saturated heterocycles. The molecule has 0 radical (unpaired) electrons. The number of amides is 1. The minimum atomic E-state index is -0.843. The Hall–Kier alpha value is -1.66. The average molecular weight is 959 g/mol. The molecule has 0 bridgehead atoms. The van der Waals surface area contributed by atoms with E-state index < -0.39 is 12.1 Å². The van der Waals surface area contributed by atoms with E-state index in [0.29, 0.717) is 19.4 Å². The first-order valence-electron chi connectivity index (χ1n) is 30.6. The quantitative estimate of drug-likeness (QED) is 0.0321. The fourth-order valence-corrected chi connectivity index (χ4v) is 9.51. The van der Waals surface area contributed by atoms with Gasteiger partial charge in [0, 0.05) is 12.8 Å². The van der Waals surface area contributed by atoms with Gasteiger partial charge in [-0.25, -0.2) is 0 Å². The predicted octanol–water partition coefficient (Wildman–Crippen LogP) is 19.0. The van der Waals surface area contributed by atoms with Crippen molar-refractivity contribution in [2.45, 2.75) is 347 Å². The number of unbranched alkanes of at least 4 members (excludes halogenated alkanes) is 44. The molecule has 2 unspecified atom stereocenters. The summed E-state index contributed by atoms with van der Waals surface area (Å²) in [5.41, 5.74) is 0. The summed E-state index contributed by atoms with van der Waals surface area (Å²) in [6, 6.07) is -0.626. The largest absolute Gasteiger partial charge is 0.466 e. The van der Waals surface area contributed by atoms with Crippen LogP contribution in [-0.4, -0.2) is 47.4 Å². The predicted molar refractivity (Wildman–Crippen MR) is 296 cm³/mol. The Labute approximate surface area is 424 Å². The highest BCUT2D eigenvalue weighted by Crippen LogP contribution is 2.18. The molecule has 68 heavy (non-hydrogen) atoms. The lowest BCUT2D eigenvalue weighted by atomic mass is 10.0. The molecule has 0 aliphatic rings. The number of aliphatic hydroxyl groups excluding tert-OH is 2. The van der Waals surface area contributed by atoms with Crippen LogP contribution in [-0.2, 0) is 14.3 Å². The van der Waals surface area contributed by atoms with Crippen LogP contribution in [0.3, 0.4) is 0 Å². The second-order valence-electron chi connectivity index (χ2n) is 21.0. The molecule has 0 aromatic carbocycles. The topological polar surface area (TPSA) is 95.9 Å². The van der Waals surface area contributed by atoms with Gasteiger partial charge in [0.2, 0.25) is 5.91 Å². The van der Waals surface area contributed by atoms with Crippen molar-refractivity contribution in [2.75, 3.05) is 13.2 Å². The van der Waals surface area contributed by atoms with Crippen molar-refractivity contribution in [3.8, 4) is 0 Å². The zero-order chi connectivity index (χ0) is 49.3.